The van der Waals surface area contributed by atoms with Gasteiger partial charge >= 0.3 is 0 Å². The highest BCUT2D eigenvalue weighted by Crippen LogP contribution is 2.17. The normalized spacial score (nSPS) is 13.4. The van der Waals surface area contributed by atoms with Crippen LogP contribution in [-0.4, -0.2) is 21.9 Å². The number of carbonyl (C=O) groups excluding carboxylic acids is 1. The largest absolute Gasteiger partial charge is 0.348 e. The second-order valence-electron chi connectivity index (χ2n) is 5.91. The number of imidazole rings is 1. The third-order valence-corrected chi connectivity index (χ3v) is 3.14. The molecule has 1 aromatic heterocycles. The number of hydrogen-bond acceptors (Lipinski definition) is 3. The van der Waals surface area contributed by atoms with Crippen LogP contribution in [-0.2, 0) is 11.3 Å². The third-order valence-electron chi connectivity index (χ3n) is 3.14. The monoisotopic (exact) mass is 278 g/mol. The maximum atomic E-state index is 13.1. The molecule has 4 N–H and O–H groups in total. The molecule has 2 aromatic rings. The average molecular weight is 278 g/mol. The minimum absolute atomic E-state index is 0.232. The molecule has 0 saturated carbocycles. The molecule has 0 bridgehead atoms. The Hall–Kier alpha value is -1.95. The van der Waals surface area contributed by atoms with Crippen molar-refractivity contribution >= 4 is 16.9 Å². The van der Waals surface area contributed by atoms with Gasteiger partial charge in [-0.2, -0.15) is 0 Å². The van der Waals surface area contributed by atoms with Crippen molar-refractivity contribution in [2.75, 3.05) is 0 Å². The summed E-state index contributed by atoms with van der Waals surface area (Å²) in [5.41, 5.74) is 6.83. The van der Waals surface area contributed by atoms with Crippen molar-refractivity contribution in [3.05, 3.63) is 29.8 Å². The molecule has 0 radical (unpaired) electrons. The molecule has 1 amide bonds. The number of nitrogens with one attached hydrogen (secondary N) is 2. The van der Waals surface area contributed by atoms with Gasteiger partial charge in [0.05, 0.1) is 23.6 Å². The highest BCUT2D eigenvalue weighted by atomic mass is 19.1. The molecule has 1 atom stereocenters. The van der Waals surface area contributed by atoms with Gasteiger partial charge in [0.25, 0.3) is 0 Å². The Morgan fingerprint density at radius 3 is 2.85 bits per heavy atom. The van der Waals surface area contributed by atoms with Gasteiger partial charge in [0.1, 0.15) is 11.6 Å². The summed E-state index contributed by atoms with van der Waals surface area (Å²) in [4.78, 5) is 19.1. The van der Waals surface area contributed by atoms with E-state index in [1.807, 2.05) is 20.8 Å². The summed E-state index contributed by atoms with van der Waals surface area (Å²) in [5.74, 6) is 0.00989. The number of hydrogen-bond donors (Lipinski definition) is 3. The van der Waals surface area contributed by atoms with Crippen LogP contribution < -0.4 is 11.1 Å². The smallest absolute Gasteiger partial charge is 0.237 e. The van der Waals surface area contributed by atoms with Crippen LogP contribution >= 0.6 is 0 Å². The number of H-pyrrole nitrogens is 1. The highest BCUT2D eigenvalue weighted by molar-refractivity contribution is 5.82. The van der Waals surface area contributed by atoms with E-state index in [0.717, 1.165) is 0 Å². The molecule has 0 spiro atoms. The molecule has 0 aliphatic carbocycles. The molecule has 1 aromatic carbocycles. The fourth-order valence-corrected chi connectivity index (χ4v) is 1.79. The van der Waals surface area contributed by atoms with Crippen LogP contribution in [0.25, 0.3) is 11.0 Å². The summed E-state index contributed by atoms with van der Waals surface area (Å²) in [6.07, 6.45) is 0. The molecular formula is C14H19FN4O. The van der Waals surface area contributed by atoms with Crippen LogP contribution in [0.2, 0.25) is 0 Å². The van der Waals surface area contributed by atoms with Gasteiger partial charge in [0.15, 0.2) is 0 Å². The van der Waals surface area contributed by atoms with E-state index in [2.05, 4.69) is 15.3 Å². The first-order valence-corrected chi connectivity index (χ1v) is 6.45. The Labute approximate surface area is 116 Å². The number of amides is 1. The molecular weight excluding hydrogens is 259 g/mol. The summed E-state index contributed by atoms with van der Waals surface area (Å²) in [5, 5.41) is 2.73. The van der Waals surface area contributed by atoms with E-state index in [4.69, 9.17) is 5.73 Å². The fourth-order valence-electron chi connectivity index (χ4n) is 1.79. The van der Waals surface area contributed by atoms with E-state index in [0.29, 0.717) is 16.9 Å². The minimum atomic E-state index is -0.593. The first-order valence-electron chi connectivity index (χ1n) is 6.45. The molecule has 108 valence electrons. The summed E-state index contributed by atoms with van der Waals surface area (Å²) in [6.45, 7) is 5.95. The molecule has 5 nitrogen and oxygen atoms in total. The van der Waals surface area contributed by atoms with Crippen molar-refractivity contribution in [3.8, 4) is 0 Å². The molecule has 20 heavy (non-hydrogen) atoms. The molecule has 0 aliphatic heterocycles. The van der Waals surface area contributed by atoms with Crippen LogP contribution in [0.15, 0.2) is 18.2 Å². The zero-order valence-corrected chi connectivity index (χ0v) is 11.8. The Morgan fingerprint density at radius 1 is 1.50 bits per heavy atom. The van der Waals surface area contributed by atoms with Crippen LogP contribution in [0.4, 0.5) is 4.39 Å². The number of carbonyl (C=O) groups is 1. The van der Waals surface area contributed by atoms with Gasteiger partial charge in [-0.1, -0.05) is 20.8 Å². The number of fused-ring (bicyclic) bond motifs is 1. The van der Waals surface area contributed by atoms with Crippen LogP contribution in [0.5, 0.6) is 0 Å². The van der Waals surface area contributed by atoms with Crippen molar-refractivity contribution in [1.82, 2.24) is 15.3 Å². The minimum Gasteiger partial charge on any atom is -0.348 e. The number of nitrogens with zero attached hydrogens (tertiary/aromatic N) is 1. The number of aromatic amines is 1. The lowest BCUT2D eigenvalue weighted by Gasteiger charge is -2.25. The molecule has 0 unspecified atom stereocenters. The van der Waals surface area contributed by atoms with Gasteiger partial charge in [-0.3, -0.25) is 4.79 Å². The maximum absolute atomic E-state index is 13.1. The number of aromatic nitrogens is 2. The number of nitrogens with two attached hydrogens (primary N) is 1. The predicted octanol–water partition coefficient (Wildman–Crippen LogP) is 1.69. The van der Waals surface area contributed by atoms with Crippen LogP contribution in [0, 0.1) is 11.2 Å². The van der Waals surface area contributed by atoms with Gasteiger partial charge in [0, 0.05) is 0 Å². The molecule has 1 heterocycles. The highest BCUT2D eigenvalue weighted by Gasteiger charge is 2.27. The summed E-state index contributed by atoms with van der Waals surface area (Å²) >= 11 is 0. The van der Waals surface area contributed by atoms with Crippen molar-refractivity contribution in [1.29, 1.82) is 0 Å². The van der Waals surface area contributed by atoms with Crippen LogP contribution in [0.3, 0.4) is 0 Å². The summed E-state index contributed by atoms with van der Waals surface area (Å²) in [7, 11) is 0. The van der Waals surface area contributed by atoms with E-state index in [1.165, 1.54) is 12.1 Å². The molecule has 2 rings (SSSR count). The topological polar surface area (TPSA) is 83.8 Å². The van der Waals surface area contributed by atoms with Crippen molar-refractivity contribution < 1.29 is 9.18 Å². The van der Waals surface area contributed by atoms with E-state index >= 15 is 0 Å². The molecule has 6 heteroatoms. The average Bonchev–Trinajstić information content (AvgIpc) is 2.75. The van der Waals surface area contributed by atoms with E-state index < -0.39 is 6.04 Å². The van der Waals surface area contributed by atoms with Crippen molar-refractivity contribution in [2.24, 2.45) is 11.1 Å². The molecule has 0 aliphatic rings. The van der Waals surface area contributed by atoms with E-state index in [1.54, 1.807) is 6.07 Å². The van der Waals surface area contributed by atoms with Gasteiger partial charge in [0.2, 0.25) is 5.91 Å². The maximum Gasteiger partial charge on any atom is 0.237 e. The SMILES string of the molecule is CC(C)(C)[C@H](N)C(=O)NCc1nc2ccc(F)cc2[nH]1. The van der Waals surface area contributed by atoms with E-state index in [9.17, 15) is 9.18 Å². The first-order chi connectivity index (χ1) is 9.27. The summed E-state index contributed by atoms with van der Waals surface area (Å²) < 4.78 is 13.1. The lowest BCUT2D eigenvalue weighted by molar-refractivity contribution is -0.124. The van der Waals surface area contributed by atoms with Crippen molar-refractivity contribution in [3.63, 3.8) is 0 Å². The lowest BCUT2D eigenvalue weighted by atomic mass is 9.87. The second kappa shape index (κ2) is 5.20. The Balaban J connectivity index is 2.04. The number of rotatable bonds is 3. The third kappa shape index (κ3) is 3.14. The fraction of sp³-hybridized carbons (Fsp3) is 0.429. The van der Waals surface area contributed by atoms with Gasteiger partial charge in [-0.25, -0.2) is 9.37 Å². The first kappa shape index (κ1) is 14.5. The molecule has 0 fully saturated rings. The standard InChI is InChI=1S/C14H19FN4O/c1-14(2,3)12(16)13(20)17-7-11-18-9-5-4-8(15)6-10(9)19-11/h4-6,12H,7,16H2,1-3H3,(H,17,20)(H,18,19)/t12-/m1/s1. The van der Waals surface area contributed by atoms with Gasteiger partial charge in [-0.05, 0) is 23.6 Å². The lowest BCUT2D eigenvalue weighted by Crippen LogP contribution is -2.48. The van der Waals surface area contributed by atoms with Gasteiger partial charge in [-0.15, -0.1) is 0 Å². The van der Waals surface area contributed by atoms with Gasteiger partial charge < -0.3 is 16.0 Å². The summed E-state index contributed by atoms with van der Waals surface area (Å²) in [6, 6.07) is 3.72. The molecule has 0 saturated heterocycles. The van der Waals surface area contributed by atoms with Crippen LogP contribution in [0.1, 0.15) is 26.6 Å². The predicted molar refractivity (Wildman–Crippen MR) is 75.3 cm³/mol. The second-order valence-corrected chi connectivity index (χ2v) is 5.91. The van der Waals surface area contributed by atoms with E-state index in [-0.39, 0.29) is 23.7 Å². The zero-order chi connectivity index (χ0) is 14.9. The van der Waals surface area contributed by atoms with Crippen molar-refractivity contribution in [2.45, 2.75) is 33.4 Å². The number of halogens is 1. The quantitative estimate of drug-likeness (QED) is 0.799. The Bertz CT molecular complexity index is 630. The Morgan fingerprint density at radius 2 is 2.20 bits per heavy atom. The zero-order valence-electron chi connectivity index (χ0n) is 11.8. The Kier molecular flexibility index (Phi) is 3.76. The number of benzene rings is 1.